The maximum atomic E-state index is 9.88. The molecule has 2 rings (SSSR count). The van der Waals surface area contributed by atoms with Gasteiger partial charge < -0.3 is 15.3 Å². The predicted octanol–water partition coefficient (Wildman–Crippen LogP) is 2.78. The summed E-state index contributed by atoms with van der Waals surface area (Å²) >= 11 is 0. The molecule has 0 radical (unpaired) electrons. The van der Waals surface area contributed by atoms with Gasteiger partial charge >= 0.3 is 0 Å². The van der Waals surface area contributed by atoms with Crippen molar-refractivity contribution in [3.63, 3.8) is 0 Å². The molecule has 3 nitrogen and oxygen atoms in total. The van der Waals surface area contributed by atoms with Gasteiger partial charge in [0.25, 0.3) is 0 Å². The number of nitrogens with zero attached hydrogens (tertiary/aromatic N) is 1. The van der Waals surface area contributed by atoms with E-state index in [9.17, 15) is 5.11 Å². The summed E-state index contributed by atoms with van der Waals surface area (Å²) in [6, 6.07) is 0.813. The van der Waals surface area contributed by atoms with Gasteiger partial charge in [0.2, 0.25) is 0 Å². The summed E-state index contributed by atoms with van der Waals surface area (Å²) in [5, 5.41) is 13.5. The standard InChI is InChI=1S/C17H34N2O/c1-3-16-9-5-6-12-19(16)13-10-15-8-7-11-17(15,14-20)18-4-2/h15-16,18,20H,3-14H2,1-2H3. The first-order valence-electron chi connectivity index (χ1n) is 8.85. The van der Waals surface area contributed by atoms with Gasteiger partial charge in [-0.15, -0.1) is 0 Å². The highest BCUT2D eigenvalue weighted by atomic mass is 16.3. The number of piperidine rings is 1. The van der Waals surface area contributed by atoms with Crippen LogP contribution in [-0.4, -0.2) is 47.8 Å². The summed E-state index contributed by atoms with van der Waals surface area (Å²) in [4.78, 5) is 2.72. The van der Waals surface area contributed by atoms with E-state index in [1.165, 1.54) is 58.0 Å². The molecule has 0 amide bonds. The van der Waals surface area contributed by atoms with Crippen LogP contribution in [0.1, 0.15) is 65.2 Å². The van der Waals surface area contributed by atoms with Crippen molar-refractivity contribution in [1.29, 1.82) is 0 Å². The molecule has 3 unspecified atom stereocenters. The fourth-order valence-electron chi connectivity index (χ4n) is 4.55. The largest absolute Gasteiger partial charge is 0.394 e. The lowest BCUT2D eigenvalue weighted by molar-refractivity contribution is 0.0940. The Morgan fingerprint density at radius 2 is 2.05 bits per heavy atom. The minimum atomic E-state index is 0.0201. The molecule has 0 aromatic rings. The maximum absolute atomic E-state index is 9.88. The average molecular weight is 282 g/mol. The van der Waals surface area contributed by atoms with Crippen molar-refractivity contribution in [2.75, 3.05) is 26.2 Å². The van der Waals surface area contributed by atoms with Crippen LogP contribution in [0.15, 0.2) is 0 Å². The van der Waals surface area contributed by atoms with E-state index in [1.54, 1.807) is 0 Å². The molecule has 3 heteroatoms. The Balaban J connectivity index is 1.88. The minimum Gasteiger partial charge on any atom is -0.394 e. The van der Waals surface area contributed by atoms with Gasteiger partial charge in [0, 0.05) is 11.6 Å². The van der Waals surface area contributed by atoms with Crippen LogP contribution in [0.2, 0.25) is 0 Å². The van der Waals surface area contributed by atoms with Gasteiger partial charge in [-0.25, -0.2) is 0 Å². The SMILES string of the molecule is CCNC1(CO)CCCC1CCN1CCCCC1CC. The van der Waals surface area contributed by atoms with Crippen LogP contribution in [0.25, 0.3) is 0 Å². The Labute approximate surface area is 125 Å². The zero-order valence-electron chi connectivity index (χ0n) is 13.5. The van der Waals surface area contributed by atoms with Crippen molar-refractivity contribution in [2.24, 2.45) is 5.92 Å². The Hall–Kier alpha value is -0.120. The second-order valence-electron chi connectivity index (χ2n) is 6.82. The van der Waals surface area contributed by atoms with Crippen LogP contribution in [0, 0.1) is 5.92 Å². The highest BCUT2D eigenvalue weighted by molar-refractivity contribution is 4.99. The van der Waals surface area contributed by atoms with Crippen molar-refractivity contribution < 1.29 is 5.11 Å². The monoisotopic (exact) mass is 282 g/mol. The maximum Gasteiger partial charge on any atom is 0.0616 e. The molecule has 20 heavy (non-hydrogen) atoms. The number of rotatable bonds is 7. The number of aliphatic hydroxyl groups excluding tert-OH is 1. The number of likely N-dealkylation sites (tertiary alicyclic amines) is 1. The number of nitrogens with one attached hydrogen (secondary N) is 1. The van der Waals surface area contributed by atoms with Crippen LogP contribution < -0.4 is 5.32 Å². The molecule has 0 bridgehead atoms. The van der Waals surface area contributed by atoms with Crippen LogP contribution in [0.3, 0.4) is 0 Å². The second-order valence-corrected chi connectivity index (χ2v) is 6.82. The van der Waals surface area contributed by atoms with E-state index < -0.39 is 0 Å². The first-order chi connectivity index (χ1) is 9.75. The third kappa shape index (κ3) is 3.55. The molecule has 1 heterocycles. The van der Waals surface area contributed by atoms with E-state index >= 15 is 0 Å². The Bertz CT molecular complexity index is 284. The molecular formula is C17H34N2O. The van der Waals surface area contributed by atoms with Crippen molar-refractivity contribution in [2.45, 2.75) is 76.8 Å². The fraction of sp³-hybridized carbons (Fsp3) is 1.00. The molecule has 1 saturated heterocycles. The second kappa shape index (κ2) is 7.77. The molecular weight excluding hydrogens is 248 g/mol. The molecule has 2 fully saturated rings. The number of hydrogen-bond acceptors (Lipinski definition) is 3. The third-order valence-corrected chi connectivity index (χ3v) is 5.75. The molecule has 1 aliphatic carbocycles. The number of hydrogen-bond donors (Lipinski definition) is 2. The van der Waals surface area contributed by atoms with Crippen molar-refractivity contribution in [1.82, 2.24) is 10.2 Å². The van der Waals surface area contributed by atoms with Gasteiger partial charge in [-0.2, -0.15) is 0 Å². The van der Waals surface area contributed by atoms with E-state index in [-0.39, 0.29) is 5.54 Å². The molecule has 1 saturated carbocycles. The summed E-state index contributed by atoms with van der Waals surface area (Å²) in [6.45, 7) is 8.29. The first kappa shape index (κ1) is 16.3. The third-order valence-electron chi connectivity index (χ3n) is 5.75. The zero-order valence-corrected chi connectivity index (χ0v) is 13.5. The van der Waals surface area contributed by atoms with Gasteiger partial charge in [-0.05, 0) is 64.1 Å². The van der Waals surface area contributed by atoms with Crippen LogP contribution >= 0.6 is 0 Å². The molecule has 118 valence electrons. The summed E-state index contributed by atoms with van der Waals surface area (Å²) in [5.41, 5.74) is 0.0201. The van der Waals surface area contributed by atoms with Gasteiger partial charge in [0.1, 0.15) is 0 Å². The highest BCUT2D eigenvalue weighted by Gasteiger charge is 2.41. The molecule has 2 aliphatic rings. The molecule has 1 aliphatic heterocycles. The van der Waals surface area contributed by atoms with Gasteiger partial charge in [0.05, 0.1) is 6.61 Å². The predicted molar refractivity (Wildman–Crippen MR) is 85.0 cm³/mol. The summed E-state index contributed by atoms with van der Waals surface area (Å²) in [7, 11) is 0. The van der Waals surface area contributed by atoms with Gasteiger partial charge in [0.15, 0.2) is 0 Å². The summed E-state index contributed by atoms with van der Waals surface area (Å²) < 4.78 is 0. The lowest BCUT2D eigenvalue weighted by atomic mass is 9.84. The number of likely N-dealkylation sites (N-methyl/N-ethyl adjacent to an activating group) is 1. The van der Waals surface area contributed by atoms with Gasteiger partial charge in [-0.1, -0.05) is 26.7 Å². The topological polar surface area (TPSA) is 35.5 Å². The van der Waals surface area contributed by atoms with E-state index in [0.29, 0.717) is 12.5 Å². The van der Waals surface area contributed by atoms with Crippen molar-refractivity contribution in [3.8, 4) is 0 Å². The number of aliphatic hydroxyl groups is 1. The first-order valence-corrected chi connectivity index (χ1v) is 8.85. The highest BCUT2D eigenvalue weighted by Crippen LogP contribution is 2.38. The lowest BCUT2D eigenvalue weighted by Crippen LogP contribution is -2.52. The molecule has 0 aromatic carbocycles. The zero-order chi connectivity index (χ0) is 14.4. The van der Waals surface area contributed by atoms with E-state index in [1.807, 2.05) is 0 Å². The smallest absolute Gasteiger partial charge is 0.0616 e. The molecule has 0 spiro atoms. The minimum absolute atomic E-state index is 0.0201. The molecule has 0 aromatic heterocycles. The Morgan fingerprint density at radius 1 is 1.20 bits per heavy atom. The average Bonchev–Trinajstić information content (AvgIpc) is 2.89. The van der Waals surface area contributed by atoms with Crippen LogP contribution in [0.4, 0.5) is 0 Å². The Morgan fingerprint density at radius 3 is 2.75 bits per heavy atom. The van der Waals surface area contributed by atoms with E-state index in [4.69, 9.17) is 0 Å². The molecule has 3 atom stereocenters. The van der Waals surface area contributed by atoms with Gasteiger partial charge in [-0.3, -0.25) is 0 Å². The van der Waals surface area contributed by atoms with Crippen molar-refractivity contribution >= 4 is 0 Å². The lowest BCUT2D eigenvalue weighted by Gasteiger charge is -2.39. The van der Waals surface area contributed by atoms with E-state index in [2.05, 4.69) is 24.1 Å². The van der Waals surface area contributed by atoms with Crippen molar-refractivity contribution in [3.05, 3.63) is 0 Å². The fourth-order valence-corrected chi connectivity index (χ4v) is 4.55. The normalized spacial score (nSPS) is 35.5. The van der Waals surface area contributed by atoms with E-state index in [0.717, 1.165) is 19.0 Å². The molecule has 2 N–H and O–H groups in total. The summed E-state index contributed by atoms with van der Waals surface area (Å²) in [5.74, 6) is 0.659. The quantitative estimate of drug-likeness (QED) is 0.754. The summed E-state index contributed by atoms with van der Waals surface area (Å²) in [6.07, 6.45) is 10.4. The van der Waals surface area contributed by atoms with Crippen LogP contribution in [0.5, 0.6) is 0 Å². The Kier molecular flexibility index (Phi) is 6.31. The van der Waals surface area contributed by atoms with Crippen LogP contribution in [-0.2, 0) is 0 Å².